The highest BCUT2D eigenvalue weighted by molar-refractivity contribution is 7.01. The van der Waals surface area contributed by atoms with Crippen LogP contribution in [-0.4, -0.2) is 21.0 Å². The standard InChI is InChI=1S/C33H38O2Si/c1-4-6-7-11-19-29(3)35-36(32-22-14-9-15-23-32,33-24-16-10-17-25-33)28-31(18-5-2)27-34-26-30-20-12-8-13-21-30/h5,8-10,12-17,20-25,28-29H,2,4,6-7,18,26-27H2,1,3H3/b31-28-/t29-/m0/s1. The van der Waals surface area contributed by atoms with E-state index in [9.17, 15) is 0 Å². The van der Waals surface area contributed by atoms with Gasteiger partial charge in [-0.3, -0.25) is 0 Å². The highest BCUT2D eigenvalue weighted by Gasteiger charge is 2.39. The molecule has 0 radical (unpaired) electrons. The van der Waals surface area contributed by atoms with Gasteiger partial charge < -0.3 is 9.16 Å². The molecule has 2 nitrogen and oxygen atoms in total. The van der Waals surface area contributed by atoms with E-state index in [1.54, 1.807) is 0 Å². The molecule has 0 heterocycles. The Morgan fingerprint density at radius 2 is 1.50 bits per heavy atom. The van der Waals surface area contributed by atoms with Crippen LogP contribution in [0.2, 0.25) is 0 Å². The normalized spacial score (nSPS) is 12.4. The molecular formula is C33H38O2Si. The molecule has 1 atom stereocenters. The van der Waals surface area contributed by atoms with Crippen molar-refractivity contribution in [3.63, 3.8) is 0 Å². The van der Waals surface area contributed by atoms with Crippen molar-refractivity contribution < 1.29 is 9.16 Å². The molecule has 0 aliphatic carbocycles. The Morgan fingerprint density at radius 3 is 2.06 bits per heavy atom. The highest BCUT2D eigenvalue weighted by Crippen LogP contribution is 2.18. The zero-order chi connectivity index (χ0) is 25.5. The molecule has 0 aliphatic rings. The van der Waals surface area contributed by atoms with Gasteiger partial charge in [-0.05, 0) is 41.3 Å². The number of allylic oxidation sites excluding steroid dienone is 1. The Kier molecular flexibility index (Phi) is 11.5. The Labute approximate surface area is 218 Å². The lowest BCUT2D eigenvalue weighted by Gasteiger charge is -2.32. The van der Waals surface area contributed by atoms with Crippen LogP contribution in [0.3, 0.4) is 0 Å². The van der Waals surface area contributed by atoms with Crippen LogP contribution in [0.15, 0.2) is 115 Å². The van der Waals surface area contributed by atoms with Crippen LogP contribution >= 0.6 is 0 Å². The number of hydrogen-bond acceptors (Lipinski definition) is 2. The van der Waals surface area contributed by atoms with Crippen molar-refractivity contribution in [3.8, 4) is 11.8 Å². The van der Waals surface area contributed by atoms with Crippen LogP contribution in [0.5, 0.6) is 0 Å². The summed E-state index contributed by atoms with van der Waals surface area (Å²) in [6.07, 6.45) is 5.65. The van der Waals surface area contributed by atoms with Crippen LogP contribution in [0.1, 0.15) is 45.1 Å². The molecule has 0 fully saturated rings. The molecule has 0 aromatic heterocycles. The third-order valence-corrected chi connectivity index (χ3v) is 9.86. The summed E-state index contributed by atoms with van der Waals surface area (Å²) in [4.78, 5) is 0. The molecule has 3 aromatic rings. The van der Waals surface area contributed by atoms with Gasteiger partial charge in [0.25, 0.3) is 8.32 Å². The number of rotatable bonds is 13. The van der Waals surface area contributed by atoms with Gasteiger partial charge in [-0.2, -0.15) is 0 Å². The molecule has 0 saturated carbocycles. The first-order valence-electron chi connectivity index (χ1n) is 12.9. The minimum absolute atomic E-state index is 0.194. The largest absolute Gasteiger partial charge is 0.391 e. The van der Waals surface area contributed by atoms with Crippen LogP contribution < -0.4 is 10.4 Å². The second-order valence-corrected chi connectivity index (χ2v) is 12.1. The van der Waals surface area contributed by atoms with Crippen LogP contribution in [0, 0.1) is 11.8 Å². The maximum Gasteiger partial charge on any atom is 0.282 e. The van der Waals surface area contributed by atoms with Gasteiger partial charge in [-0.1, -0.05) is 122 Å². The van der Waals surface area contributed by atoms with E-state index in [1.165, 1.54) is 15.9 Å². The minimum atomic E-state index is -2.80. The number of hydrogen-bond donors (Lipinski definition) is 0. The van der Waals surface area contributed by atoms with Gasteiger partial charge in [0.2, 0.25) is 0 Å². The average Bonchev–Trinajstić information content (AvgIpc) is 2.92. The Balaban J connectivity index is 2.01. The van der Waals surface area contributed by atoms with Crippen LogP contribution in [-0.2, 0) is 15.8 Å². The Bertz CT molecular complexity index is 1090. The zero-order valence-electron chi connectivity index (χ0n) is 21.7. The fourth-order valence-corrected chi connectivity index (χ4v) is 7.95. The first-order valence-corrected chi connectivity index (χ1v) is 14.9. The SMILES string of the molecule is C=CC/C(=C/[Si](O[C@@H](C)C#CCCCC)(c1ccccc1)c1ccccc1)COCc1ccccc1. The van der Waals surface area contributed by atoms with Crippen molar-refractivity contribution in [2.45, 2.75) is 52.2 Å². The monoisotopic (exact) mass is 494 g/mol. The molecule has 0 spiro atoms. The van der Waals surface area contributed by atoms with Gasteiger partial charge in [0.05, 0.1) is 13.2 Å². The summed E-state index contributed by atoms with van der Waals surface area (Å²) in [5.41, 5.74) is 4.69. The molecule has 3 aromatic carbocycles. The number of ether oxygens (including phenoxy) is 1. The topological polar surface area (TPSA) is 18.5 Å². The number of benzene rings is 3. The van der Waals surface area contributed by atoms with Crippen molar-refractivity contribution in [2.75, 3.05) is 6.61 Å². The molecule has 0 aliphatic heterocycles. The van der Waals surface area contributed by atoms with Crippen LogP contribution in [0.25, 0.3) is 0 Å². The second-order valence-electron chi connectivity index (χ2n) is 8.93. The molecule has 0 unspecified atom stereocenters. The van der Waals surface area contributed by atoms with Crippen molar-refractivity contribution in [3.05, 3.63) is 120 Å². The average molecular weight is 495 g/mol. The molecule has 36 heavy (non-hydrogen) atoms. The fourth-order valence-electron chi connectivity index (χ4n) is 4.17. The lowest BCUT2D eigenvalue weighted by Crippen LogP contribution is -2.61. The molecule has 186 valence electrons. The van der Waals surface area contributed by atoms with Gasteiger partial charge in [-0.15, -0.1) is 12.5 Å². The van der Waals surface area contributed by atoms with E-state index in [2.05, 4.69) is 111 Å². The summed E-state index contributed by atoms with van der Waals surface area (Å²) < 4.78 is 13.2. The molecule has 0 N–H and O–H groups in total. The van der Waals surface area contributed by atoms with Gasteiger partial charge >= 0.3 is 0 Å². The molecule has 0 bridgehead atoms. The summed E-state index contributed by atoms with van der Waals surface area (Å²) in [5.74, 6) is 6.69. The maximum absolute atomic E-state index is 7.03. The molecule has 3 heteroatoms. The third kappa shape index (κ3) is 8.21. The van der Waals surface area contributed by atoms with Crippen molar-refractivity contribution >= 4 is 18.7 Å². The molecule has 3 rings (SSSR count). The lowest BCUT2D eigenvalue weighted by atomic mass is 10.2. The Hall–Kier alpha value is -3.16. The van der Waals surface area contributed by atoms with Crippen molar-refractivity contribution in [1.29, 1.82) is 0 Å². The summed E-state index contributed by atoms with van der Waals surface area (Å²) in [6, 6.07) is 31.5. The summed E-state index contributed by atoms with van der Waals surface area (Å²) in [7, 11) is -2.80. The first kappa shape index (κ1) is 27.4. The van der Waals surface area contributed by atoms with Crippen molar-refractivity contribution in [1.82, 2.24) is 0 Å². The smallest absolute Gasteiger partial charge is 0.282 e. The van der Waals surface area contributed by atoms with Gasteiger partial charge in [-0.25, -0.2) is 0 Å². The first-order chi connectivity index (χ1) is 17.7. The second kappa shape index (κ2) is 15.1. The van der Waals surface area contributed by atoms with E-state index < -0.39 is 8.32 Å². The van der Waals surface area contributed by atoms with Gasteiger partial charge in [0.15, 0.2) is 0 Å². The molecular weight excluding hydrogens is 456 g/mol. The van der Waals surface area contributed by atoms with E-state index in [-0.39, 0.29) is 6.10 Å². The van der Waals surface area contributed by atoms with E-state index in [1.807, 2.05) is 24.3 Å². The minimum Gasteiger partial charge on any atom is -0.391 e. The molecule has 0 saturated heterocycles. The summed E-state index contributed by atoms with van der Waals surface area (Å²) >= 11 is 0. The quantitative estimate of drug-likeness (QED) is 0.115. The predicted molar refractivity (Wildman–Crippen MR) is 155 cm³/mol. The van der Waals surface area contributed by atoms with E-state index in [4.69, 9.17) is 9.16 Å². The summed E-state index contributed by atoms with van der Waals surface area (Å²) in [6.45, 7) is 9.37. The Morgan fingerprint density at radius 1 is 0.917 bits per heavy atom. The van der Waals surface area contributed by atoms with Crippen molar-refractivity contribution in [2.24, 2.45) is 0 Å². The zero-order valence-corrected chi connectivity index (χ0v) is 22.7. The molecule has 0 amide bonds. The third-order valence-electron chi connectivity index (χ3n) is 5.94. The predicted octanol–water partition coefficient (Wildman–Crippen LogP) is 6.60. The number of unbranched alkanes of at least 4 members (excludes halogenated alkanes) is 2. The summed E-state index contributed by atoms with van der Waals surface area (Å²) in [5, 5.41) is 2.39. The van der Waals surface area contributed by atoms with E-state index in [0.29, 0.717) is 13.2 Å². The lowest BCUT2D eigenvalue weighted by molar-refractivity contribution is 0.141. The van der Waals surface area contributed by atoms with Gasteiger partial charge in [0, 0.05) is 6.42 Å². The maximum atomic E-state index is 7.03. The fraction of sp³-hybridized carbons (Fsp3) is 0.273. The van der Waals surface area contributed by atoms with Gasteiger partial charge in [0.1, 0.15) is 6.10 Å². The highest BCUT2D eigenvalue weighted by atomic mass is 28.4. The van der Waals surface area contributed by atoms with Crippen LogP contribution in [0.4, 0.5) is 0 Å². The van der Waals surface area contributed by atoms with E-state index in [0.717, 1.165) is 31.2 Å². The van der Waals surface area contributed by atoms with E-state index >= 15 is 0 Å².